The Bertz CT molecular complexity index is 2450. The summed E-state index contributed by atoms with van der Waals surface area (Å²) >= 11 is 1.61. The highest BCUT2D eigenvalue weighted by molar-refractivity contribution is 7.13. The lowest BCUT2D eigenvalue weighted by molar-refractivity contribution is -0.143. The molecule has 3 fully saturated rings. The average molecular weight is 844 g/mol. The molecule has 15 heteroatoms. The van der Waals surface area contributed by atoms with Gasteiger partial charge in [-0.3, -0.25) is 14.4 Å². The lowest BCUT2D eigenvalue weighted by Crippen LogP contribution is -2.68. The number of nitrogens with zero attached hydrogens (tertiary/aromatic N) is 7. The molecular formula is C46H53N9O5S. The Balaban J connectivity index is 0.784. The molecule has 3 N–H and O–H groups in total. The van der Waals surface area contributed by atoms with Crippen LogP contribution in [0.2, 0.25) is 0 Å². The number of anilines is 2. The van der Waals surface area contributed by atoms with Gasteiger partial charge in [0.15, 0.2) is 17.4 Å². The van der Waals surface area contributed by atoms with Crippen LogP contribution < -0.4 is 15.5 Å². The van der Waals surface area contributed by atoms with E-state index in [2.05, 4.69) is 48.0 Å². The van der Waals surface area contributed by atoms with Crippen LogP contribution >= 0.6 is 11.3 Å². The number of aryl methyl sites for hydroxylation is 1. The van der Waals surface area contributed by atoms with E-state index in [1.165, 1.54) is 0 Å². The number of aromatic nitrogens is 4. The quantitative estimate of drug-likeness (QED) is 0.140. The van der Waals surface area contributed by atoms with Crippen molar-refractivity contribution in [2.45, 2.75) is 89.8 Å². The number of aromatic hydroxyl groups is 1. The van der Waals surface area contributed by atoms with E-state index >= 15 is 0 Å². The van der Waals surface area contributed by atoms with Crippen molar-refractivity contribution in [3.63, 3.8) is 0 Å². The van der Waals surface area contributed by atoms with E-state index in [1.54, 1.807) is 28.4 Å². The summed E-state index contributed by atoms with van der Waals surface area (Å²) in [7, 11) is 0. The Kier molecular flexibility index (Phi) is 10.6. The van der Waals surface area contributed by atoms with Crippen LogP contribution in [0.25, 0.3) is 21.7 Å². The molecule has 7 heterocycles. The molecule has 0 aliphatic carbocycles. The van der Waals surface area contributed by atoms with Gasteiger partial charge in [0, 0.05) is 62.3 Å². The van der Waals surface area contributed by atoms with Crippen LogP contribution in [0.15, 0.2) is 70.7 Å². The van der Waals surface area contributed by atoms with Crippen LogP contribution in [-0.4, -0.2) is 97.3 Å². The van der Waals surface area contributed by atoms with Crippen molar-refractivity contribution in [2.24, 2.45) is 11.8 Å². The highest BCUT2D eigenvalue weighted by atomic mass is 32.1. The first-order valence-electron chi connectivity index (χ1n) is 21.4. The van der Waals surface area contributed by atoms with E-state index in [1.807, 2.05) is 81.4 Å². The second kappa shape index (κ2) is 15.9. The maximum absolute atomic E-state index is 14.3. The first kappa shape index (κ1) is 40.6. The van der Waals surface area contributed by atoms with Gasteiger partial charge in [-0.25, -0.2) is 4.98 Å². The van der Waals surface area contributed by atoms with Crippen LogP contribution in [0.3, 0.4) is 0 Å². The molecule has 0 bridgehead atoms. The van der Waals surface area contributed by atoms with Crippen molar-refractivity contribution in [3.05, 3.63) is 88.8 Å². The first-order valence-corrected chi connectivity index (χ1v) is 22.2. The minimum atomic E-state index is -0.654. The van der Waals surface area contributed by atoms with Crippen LogP contribution in [0.5, 0.6) is 5.75 Å². The molecule has 318 valence electrons. The number of nitrogens with one attached hydrogen (secondary N) is 2. The van der Waals surface area contributed by atoms with Crippen molar-refractivity contribution in [3.8, 4) is 27.4 Å². The molecule has 5 aromatic rings. The van der Waals surface area contributed by atoms with Crippen molar-refractivity contribution < 1.29 is 24.0 Å². The van der Waals surface area contributed by atoms with Crippen molar-refractivity contribution in [2.75, 3.05) is 42.9 Å². The Labute approximate surface area is 359 Å². The molecular weight excluding hydrogens is 791 g/mol. The van der Waals surface area contributed by atoms with Gasteiger partial charge in [0.05, 0.1) is 32.9 Å². The molecule has 0 saturated carbocycles. The molecule has 3 saturated heterocycles. The number of carbonyl (C=O) groups excluding carboxylic acids is 3. The van der Waals surface area contributed by atoms with Gasteiger partial charge in [0.25, 0.3) is 0 Å². The fourth-order valence-corrected chi connectivity index (χ4v) is 10.5. The Hall–Kier alpha value is -5.83. The van der Waals surface area contributed by atoms with Crippen LogP contribution in [0.1, 0.15) is 81.9 Å². The molecule has 9 rings (SSSR count). The van der Waals surface area contributed by atoms with Crippen molar-refractivity contribution in [1.82, 2.24) is 35.5 Å². The third-order valence-corrected chi connectivity index (χ3v) is 14.1. The molecule has 0 radical (unpaired) electrons. The summed E-state index contributed by atoms with van der Waals surface area (Å²) in [6.07, 6.45) is 3.46. The van der Waals surface area contributed by atoms with E-state index in [0.29, 0.717) is 74.8 Å². The standard InChI is InChI=1S/C46H53N9O5S/c1-27(2)39(44(59)55-18-8-10-35(55)42(57)49-45(4,5)32-14-12-29(13-15-32)40-28(3)47-26-61-40)37-22-38(52-60-37)53-19-16-30(17-20-53)43(58)54-24-46(25-54)23-31-21-34(50-51-41(31)48-46)33-9-6-7-11-36(33)56/h6-7,9,11-15,21-22,26-27,30,35,39,56H,8,10,16-20,23-25H2,1-5H3,(H,48,51)(H,49,57)/t35-,39?/m0/s1. The zero-order chi connectivity index (χ0) is 42.6. The maximum atomic E-state index is 14.3. The largest absolute Gasteiger partial charge is 0.507 e. The number of phenols is 1. The molecule has 2 atom stereocenters. The van der Waals surface area contributed by atoms with Gasteiger partial charge < -0.3 is 35.0 Å². The normalized spacial score (nSPS) is 19.2. The lowest BCUT2D eigenvalue weighted by Gasteiger charge is -2.49. The number of para-hydroxylation sites is 1. The highest BCUT2D eigenvalue weighted by Crippen LogP contribution is 2.41. The predicted molar refractivity (Wildman–Crippen MR) is 233 cm³/mol. The monoisotopic (exact) mass is 843 g/mol. The molecule has 4 aliphatic rings. The van der Waals surface area contributed by atoms with Crippen LogP contribution in [0.4, 0.5) is 11.6 Å². The lowest BCUT2D eigenvalue weighted by atomic mass is 9.84. The van der Waals surface area contributed by atoms with E-state index in [9.17, 15) is 19.5 Å². The van der Waals surface area contributed by atoms with Crippen LogP contribution in [-0.2, 0) is 26.3 Å². The summed E-state index contributed by atoms with van der Waals surface area (Å²) in [6, 6.07) is 18.6. The smallest absolute Gasteiger partial charge is 0.243 e. The average Bonchev–Trinajstić information content (AvgIpc) is 4.07. The number of benzene rings is 2. The van der Waals surface area contributed by atoms with Crippen LogP contribution in [0, 0.1) is 18.8 Å². The summed E-state index contributed by atoms with van der Waals surface area (Å²) < 4.78 is 5.91. The number of amides is 3. The molecule has 3 amide bonds. The van der Waals surface area contributed by atoms with E-state index < -0.39 is 17.5 Å². The summed E-state index contributed by atoms with van der Waals surface area (Å²) in [5, 5.41) is 30.3. The zero-order valence-corrected chi connectivity index (χ0v) is 36.2. The summed E-state index contributed by atoms with van der Waals surface area (Å²) in [4.78, 5) is 53.2. The fraction of sp³-hybridized carbons (Fsp3) is 0.457. The number of hydrogen-bond donors (Lipinski definition) is 3. The van der Waals surface area contributed by atoms with Gasteiger partial charge in [-0.15, -0.1) is 21.5 Å². The molecule has 4 aliphatic heterocycles. The number of phenolic OH excluding ortho intramolecular Hbond substituents is 1. The molecule has 14 nitrogen and oxygen atoms in total. The van der Waals surface area contributed by atoms with E-state index in [-0.39, 0.29) is 40.8 Å². The third-order valence-electron chi connectivity index (χ3n) is 13.1. The number of likely N-dealkylation sites (tertiary alicyclic amines) is 2. The zero-order valence-electron chi connectivity index (χ0n) is 35.4. The van der Waals surface area contributed by atoms with Gasteiger partial charge in [-0.2, -0.15) is 0 Å². The number of hydrogen-bond acceptors (Lipinski definition) is 12. The highest BCUT2D eigenvalue weighted by Gasteiger charge is 2.51. The fourth-order valence-electron chi connectivity index (χ4n) is 9.67. The Morgan fingerprint density at radius 3 is 2.46 bits per heavy atom. The number of thiazole rings is 1. The topological polar surface area (TPSA) is 170 Å². The summed E-state index contributed by atoms with van der Waals surface area (Å²) in [5.74, 6) is 1.16. The summed E-state index contributed by atoms with van der Waals surface area (Å²) in [5.41, 5.74) is 6.31. The van der Waals surface area contributed by atoms with Crippen molar-refractivity contribution >= 4 is 40.7 Å². The van der Waals surface area contributed by atoms with Gasteiger partial charge in [-0.05, 0) is 81.7 Å². The number of rotatable bonds is 10. The molecule has 3 aromatic heterocycles. The SMILES string of the molecule is Cc1ncsc1-c1ccc(C(C)(C)NC(=O)[C@@H]2CCCN2C(=O)C(c2cc(N3CCC(C(=O)N4CC5(Cc6cc(-c7ccccc7O)nnc6N5)C4)CC3)no2)C(C)C)cc1. The Morgan fingerprint density at radius 1 is 1.00 bits per heavy atom. The predicted octanol–water partition coefficient (Wildman–Crippen LogP) is 6.52. The number of piperidine rings is 1. The second-order valence-corrected chi connectivity index (χ2v) is 19.0. The van der Waals surface area contributed by atoms with Gasteiger partial charge in [-0.1, -0.05) is 55.4 Å². The second-order valence-electron chi connectivity index (χ2n) is 18.1. The number of fused-ring (bicyclic) bond motifs is 1. The van der Waals surface area contributed by atoms with Gasteiger partial charge in [0.1, 0.15) is 17.7 Å². The minimum Gasteiger partial charge on any atom is -0.507 e. The Morgan fingerprint density at radius 2 is 1.75 bits per heavy atom. The molecule has 61 heavy (non-hydrogen) atoms. The molecule has 1 unspecified atom stereocenters. The first-order chi connectivity index (χ1) is 29.3. The third kappa shape index (κ3) is 7.72. The van der Waals surface area contributed by atoms with E-state index in [0.717, 1.165) is 45.9 Å². The molecule has 2 aromatic carbocycles. The minimum absolute atomic E-state index is 0.0863. The summed E-state index contributed by atoms with van der Waals surface area (Å²) in [6.45, 7) is 13.0. The molecule has 1 spiro atoms. The van der Waals surface area contributed by atoms with Gasteiger partial charge in [0.2, 0.25) is 17.7 Å². The van der Waals surface area contributed by atoms with E-state index in [4.69, 9.17) is 4.52 Å². The van der Waals surface area contributed by atoms with Gasteiger partial charge >= 0.3 is 0 Å². The van der Waals surface area contributed by atoms with Crippen molar-refractivity contribution in [1.29, 1.82) is 0 Å². The maximum Gasteiger partial charge on any atom is 0.243 e. The number of carbonyl (C=O) groups is 3.